The van der Waals surface area contributed by atoms with Crippen LogP contribution < -0.4 is 4.74 Å². The minimum absolute atomic E-state index is 0.178. The second kappa shape index (κ2) is 5.01. The van der Waals surface area contributed by atoms with Gasteiger partial charge in [0.15, 0.2) is 0 Å². The van der Waals surface area contributed by atoms with E-state index in [0.29, 0.717) is 11.3 Å². The van der Waals surface area contributed by atoms with Crippen molar-refractivity contribution in [2.45, 2.75) is 6.92 Å². The number of hydrogen-bond donors (Lipinski definition) is 1. The molecule has 0 fully saturated rings. The van der Waals surface area contributed by atoms with Gasteiger partial charge in [0, 0.05) is 5.56 Å². The molecule has 0 amide bonds. The van der Waals surface area contributed by atoms with Crippen LogP contribution in [-0.2, 0) is 0 Å². The van der Waals surface area contributed by atoms with Gasteiger partial charge < -0.3 is 9.84 Å². The molecule has 1 aromatic carbocycles. The molecule has 0 aliphatic carbocycles. The number of carbonyl (C=O) groups is 1. The van der Waals surface area contributed by atoms with Crippen molar-refractivity contribution in [1.29, 1.82) is 0 Å². The number of carboxylic acids is 1. The van der Waals surface area contributed by atoms with Gasteiger partial charge in [-0.1, -0.05) is 17.7 Å². The molecule has 0 aliphatic heterocycles. The average molecular weight is 265 g/mol. The number of aromatic nitrogens is 2. The summed E-state index contributed by atoms with van der Waals surface area (Å²) < 4.78 is 5.48. The van der Waals surface area contributed by atoms with E-state index in [1.165, 1.54) is 18.6 Å². The van der Waals surface area contributed by atoms with E-state index in [0.717, 1.165) is 0 Å². The number of benzene rings is 1. The Bertz CT molecular complexity index is 602. The summed E-state index contributed by atoms with van der Waals surface area (Å²) in [4.78, 5) is 18.6. The van der Waals surface area contributed by atoms with E-state index < -0.39 is 5.97 Å². The smallest absolute Gasteiger partial charge is 0.336 e. The lowest BCUT2D eigenvalue weighted by molar-refractivity contribution is 0.0695. The Kier molecular flexibility index (Phi) is 3.43. The van der Waals surface area contributed by atoms with Crippen LogP contribution in [0.3, 0.4) is 0 Å². The first-order chi connectivity index (χ1) is 8.59. The Morgan fingerprint density at radius 2 is 2.22 bits per heavy atom. The first-order valence-corrected chi connectivity index (χ1v) is 5.43. The summed E-state index contributed by atoms with van der Waals surface area (Å²) in [6, 6.07) is 4.76. The van der Waals surface area contributed by atoms with Crippen LogP contribution in [0.15, 0.2) is 30.7 Å². The molecule has 0 saturated carbocycles. The van der Waals surface area contributed by atoms with Gasteiger partial charge in [0.05, 0.1) is 11.8 Å². The second-order valence-electron chi connectivity index (χ2n) is 3.51. The predicted octanol–water partition coefficient (Wildman–Crippen LogP) is 2.93. The topological polar surface area (TPSA) is 72.3 Å². The summed E-state index contributed by atoms with van der Waals surface area (Å²) in [5, 5.41) is 9.27. The molecule has 1 aromatic heterocycles. The second-order valence-corrected chi connectivity index (χ2v) is 3.92. The average Bonchev–Trinajstić information content (AvgIpc) is 2.34. The van der Waals surface area contributed by atoms with Crippen molar-refractivity contribution in [2.24, 2.45) is 0 Å². The van der Waals surface area contributed by atoms with Crippen LogP contribution in [0.2, 0.25) is 5.02 Å². The highest BCUT2D eigenvalue weighted by Crippen LogP contribution is 2.29. The number of halogens is 1. The Balaban J connectivity index is 2.39. The van der Waals surface area contributed by atoms with Gasteiger partial charge in [-0.3, -0.25) is 0 Å². The highest BCUT2D eigenvalue weighted by Gasteiger charge is 2.13. The monoisotopic (exact) mass is 264 g/mol. The number of carboxylic acid groups (broad SMARTS) is 1. The Labute approximate surface area is 108 Å². The van der Waals surface area contributed by atoms with Gasteiger partial charge in [-0.2, -0.15) is 0 Å². The lowest BCUT2D eigenvalue weighted by atomic mass is 10.1. The van der Waals surface area contributed by atoms with Crippen LogP contribution >= 0.6 is 11.6 Å². The van der Waals surface area contributed by atoms with E-state index in [1.807, 2.05) is 0 Å². The van der Waals surface area contributed by atoms with Crippen LogP contribution in [0.4, 0.5) is 0 Å². The van der Waals surface area contributed by atoms with Crippen molar-refractivity contribution in [3.63, 3.8) is 0 Å². The van der Waals surface area contributed by atoms with Crippen molar-refractivity contribution in [2.75, 3.05) is 0 Å². The maximum Gasteiger partial charge on any atom is 0.336 e. The molecule has 0 unspecified atom stereocenters. The summed E-state index contributed by atoms with van der Waals surface area (Å²) in [5.41, 5.74) is 0.692. The van der Waals surface area contributed by atoms with E-state index in [4.69, 9.17) is 21.4 Å². The zero-order valence-corrected chi connectivity index (χ0v) is 10.2. The summed E-state index contributed by atoms with van der Waals surface area (Å²) in [6.07, 6.45) is 2.71. The molecule has 18 heavy (non-hydrogen) atoms. The van der Waals surface area contributed by atoms with Crippen LogP contribution in [-0.4, -0.2) is 21.0 Å². The summed E-state index contributed by atoms with van der Waals surface area (Å²) >= 11 is 5.86. The highest BCUT2D eigenvalue weighted by molar-refractivity contribution is 6.31. The third kappa shape index (κ3) is 2.41. The van der Waals surface area contributed by atoms with Gasteiger partial charge in [-0.25, -0.2) is 14.8 Å². The van der Waals surface area contributed by atoms with E-state index in [-0.39, 0.29) is 16.5 Å². The maximum absolute atomic E-state index is 11.0. The third-order valence-electron chi connectivity index (χ3n) is 2.35. The molecule has 1 N–H and O–H groups in total. The van der Waals surface area contributed by atoms with E-state index in [1.54, 1.807) is 19.1 Å². The Hall–Kier alpha value is -2.14. The fourth-order valence-corrected chi connectivity index (χ4v) is 1.58. The molecule has 6 heteroatoms. The molecule has 0 radical (unpaired) electrons. The van der Waals surface area contributed by atoms with Crippen molar-refractivity contribution in [1.82, 2.24) is 9.97 Å². The molecular weight excluding hydrogens is 256 g/mol. The van der Waals surface area contributed by atoms with Crippen LogP contribution in [0.5, 0.6) is 11.6 Å². The van der Waals surface area contributed by atoms with Crippen LogP contribution in [0.1, 0.15) is 15.9 Å². The number of ether oxygens (including phenoxy) is 1. The van der Waals surface area contributed by atoms with Crippen molar-refractivity contribution in [3.8, 4) is 11.6 Å². The normalized spacial score (nSPS) is 10.1. The first kappa shape index (κ1) is 12.3. The minimum atomic E-state index is -1.01. The molecule has 2 rings (SSSR count). The molecule has 0 spiro atoms. The lowest BCUT2D eigenvalue weighted by Crippen LogP contribution is -2.01. The SMILES string of the molecule is Cc1c(Oc2ncncc2Cl)cccc1C(=O)O. The molecule has 92 valence electrons. The van der Waals surface area contributed by atoms with Crippen LogP contribution in [0, 0.1) is 6.92 Å². The van der Waals surface area contributed by atoms with Gasteiger partial charge in [0.1, 0.15) is 17.1 Å². The number of hydrogen-bond acceptors (Lipinski definition) is 4. The minimum Gasteiger partial charge on any atom is -0.478 e. The van der Waals surface area contributed by atoms with Gasteiger partial charge in [0.2, 0.25) is 5.88 Å². The molecule has 5 nitrogen and oxygen atoms in total. The van der Waals surface area contributed by atoms with Crippen molar-refractivity contribution < 1.29 is 14.6 Å². The molecule has 0 bridgehead atoms. The highest BCUT2D eigenvalue weighted by atomic mass is 35.5. The fourth-order valence-electron chi connectivity index (χ4n) is 1.44. The van der Waals surface area contributed by atoms with Gasteiger partial charge in [-0.15, -0.1) is 0 Å². The molecule has 0 aliphatic rings. The number of rotatable bonds is 3. The fraction of sp³-hybridized carbons (Fsp3) is 0.0833. The maximum atomic E-state index is 11.0. The zero-order valence-electron chi connectivity index (χ0n) is 9.42. The predicted molar refractivity (Wildman–Crippen MR) is 65.3 cm³/mol. The van der Waals surface area contributed by atoms with E-state index >= 15 is 0 Å². The lowest BCUT2D eigenvalue weighted by Gasteiger charge is -2.10. The van der Waals surface area contributed by atoms with Crippen molar-refractivity contribution in [3.05, 3.63) is 46.9 Å². The summed E-state index contributed by atoms with van der Waals surface area (Å²) in [5.74, 6) is -0.417. The Morgan fingerprint density at radius 1 is 1.44 bits per heavy atom. The molecule has 0 saturated heterocycles. The largest absolute Gasteiger partial charge is 0.478 e. The molecule has 0 atom stereocenters. The molecule has 2 aromatic rings. The molecule has 1 heterocycles. The van der Waals surface area contributed by atoms with Gasteiger partial charge in [-0.05, 0) is 19.1 Å². The van der Waals surface area contributed by atoms with Crippen molar-refractivity contribution >= 4 is 17.6 Å². The van der Waals surface area contributed by atoms with Gasteiger partial charge >= 0.3 is 5.97 Å². The summed E-state index contributed by atoms with van der Waals surface area (Å²) in [6.45, 7) is 1.66. The first-order valence-electron chi connectivity index (χ1n) is 5.06. The zero-order chi connectivity index (χ0) is 13.1. The van der Waals surface area contributed by atoms with E-state index in [9.17, 15) is 4.79 Å². The van der Waals surface area contributed by atoms with Gasteiger partial charge in [0.25, 0.3) is 0 Å². The number of aromatic carboxylic acids is 1. The van der Waals surface area contributed by atoms with E-state index in [2.05, 4.69) is 9.97 Å². The number of nitrogens with zero attached hydrogens (tertiary/aromatic N) is 2. The third-order valence-corrected chi connectivity index (χ3v) is 2.61. The standard InChI is InChI=1S/C12H9ClN2O3/c1-7-8(12(16)17)3-2-4-10(7)18-11-9(13)5-14-6-15-11/h2-6H,1H3,(H,16,17). The quantitative estimate of drug-likeness (QED) is 0.923. The molecular formula is C12H9ClN2O3. The Morgan fingerprint density at radius 3 is 2.89 bits per heavy atom. The van der Waals surface area contributed by atoms with Crippen LogP contribution in [0.25, 0.3) is 0 Å². The summed E-state index contributed by atoms with van der Waals surface area (Å²) in [7, 11) is 0.